The Kier molecular flexibility index (Phi) is 6.55. The van der Waals surface area contributed by atoms with Crippen molar-refractivity contribution in [1.82, 2.24) is 10.3 Å². The van der Waals surface area contributed by atoms with Crippen LogP contribution in [-0.4, -0.2) is 23.3 Å². The highest BCUT2D eigenvalue weighted by molar-refractivity contribution is 6.17. The lowest BCUT2D eigenvalue weighted by Gasteiger charge is -2.04. The number of halogens is 2. The Morgan fingerprint density at radius 3 is 2.71 bits per heavy atom. The van der Waals surface area contributed by atoms with E-state index in [-0.39, 0.29) is 11.6 Å². The molecule has 1 heterocycles. The Balaban J connectivity index is 2.19. The zero-order valence-electron chi connectivity index (χ0n) is 9.59. The van der Waals surface area contributed by atoms with Gasteiger partial charge in [-0.2, -0.15) is 0 Å². The van der Waals surface area contributed by atoms with Crippen LogP contribution in [0.4, 0.5) is 4.39 Å². The average molecular weight is 259 g/mol. The monoisotopic (exact) mass is 258 g/mol. The number of hydrogen-bond acceptors (Lipinski definition) is 2. The van der Waals surface area contributed by atoms with Gasteiger partial charge in [0, 0.05) is 12.4 Å². The van der Waals surface area contributed by atoms with E-state index in [1.807, 2.05) is 0 Å². The largest absolute Gasteiger partial charge is 0.351 e. The number of carbonyl (C=O) groups excluding carboxylic acids is 1. The van der Waals surface area contributed by atoms with Gasteiger partial charge in [-0.3, -0.25) is 4.79 Å². The Bertz CT molecular complexity index is 343. The summed E-state index contributed by atoms with van der Waals surface area (Å²) in [4.78, 5) is 15.2. The molecule has 1 aromatic rings. The van der Waals surface area contributed by atoms with Gasteiger partial charge in [-0.15, -0.1) is 11.6 Å². The van der Waals surface area contributed by atoms with Crippen molar-refractivity contribution in [3.63, 3.8) is 0 Å². The van der Waals surface area contributed by atoms with Crippen LogP contribution >= 0.6 is 11.6 Å². The van der Waals surface area contributed by atoms with E-state index >= 15 is 0 Å². The minimum Gasteiger partial charge on any atom is -0.351 e. The molecule has 5 heteroatoms. The first-order valence-electron chi connectivity index (χ1n) is 5.70. The quantitative estimate of drug-likeness (QED) is 0.604. The van der Waals surface area contributed by atoms with Crippen molar-refractivity contribution in [2.24, 2.45) is 0 Å². The van der Waals surface area contributed by atoms with E-state index in [0.717, 1.165) is 31.9 Å². The smallest absolute Gasteiger partial charge is 0.269 e. The maximum atomic E-state index is 12.6. The van der Waals surface area contributed by atoms with Gasteiger partial charge in [0.1, 0.15) is 11.5 Å². The molecule has 1 N–H and O–H groups in total. The third-order valence-electron chi connectivity index (χ3n) is 2.31. The summed E-state index contributed by atoms with van der Waals surface area (Å²) in [6.07, 6.45) is 5.09. The predicted octanol–water partition coefficient (Wildman–Crippen LogP) is 2.75. The second kappa shape index (κ2) is 8.01. The summed E-state index contributed by atoms with van der Waals surface area (Å²) in [5.74, 6) is -0.0174. The number of rotatable bonds is 7. The fourth-order valence-electron chi connectivity index (χ4n) is 1.38. The topological polar surface area (TPSA) is 42.0 Å². The normalized spacial score (nSPS) is 10.2. The second-order valence-corrected chi connectivity index (χ2v) is 4.10. The van der Waals surface area contributed by atoms with Gasteiger partial charge in [-0.25, -0.2) is 9.37 Å². The number of unbranched alkanes of at least 4 members (excludes halogenated alkanes) is 3. The lowest BCUT2D eigenvalue weighted by molar-refractivity contribution is 0.0948. The molecule has 0 radical (unpaired) electrons. The molecule has 0 aliphatic rings. The van der Waals surface area contributed by atoms with Crippen LogP contribution in [0.25, 0.3) is 0 Å². The molecule has 0 atom stereocenters. The summed E-state index contributed by atoms with van der Waals surface area (Å²) in [7, 11) is 0. The number of aromatic nitrogens is 1. The molecule has 1 amide bonds. The molecule has 94 valence electrons. The lowest BCUT2D eigenvalue weighted by atomic mass is 10.2. The summed E-state index contributed by atoms with van der Waals surface area (Å²) >= 11 is 5.55. The summed E-state index contributed by atoms with van der Waals surface area (Å²) in [6.45, 7) is 0.611. The SMILES string of the molecule is O=C(NCCCCCCCl)c1ccc(F)cn1. The van der Waals surface area contributed by atoms with E-state index in [4.69, 9.17) is 11.6 Å². The van der Waals surface area contributed by atoms with Crippen molar-refractivity contribution < 1.29 is 9.18 Å². The number of pyridine rings is 1. The molecule has 0 aromatic carbocycles. The molecule has 0 unspecified atom stereocenters. The fourth-order valence-corrected chi connectivity index (χ4v) is 1.56. The van der Waals surface area contributed by atoms with E-state index < -0.39 is 5.82 Å². The van der Waals surface area contributed by atoms with E-state index in [2.05, 4.69) is 10.3 Å². The summed E-state index contributed by atoms with van der Waals surface area (Å²) in [5, 5.41) is 2.74. The highest BCUT2D eigenvalue weighted by Crippen LogP contribution is 2.01. The van der Waals surface area contributed by atoms with Crippen LogP contribution in [-0.2, 0) is 0 Å². The van der Waals surface area contributed by atoms with E-state index in [0.29, 0.717) is 12.4 Å². The maximum absolute atomic E-state index is 12.6. The molecule has 1 rings (SSSR count). The number of carbonyl (C=O) groups is 1. The third kappa shape index (κ3) is 5.63. The fraction of sp³-hybridized carbons (Fsp3) is 0.500. The van der Waals surface area contributed by atoms with Gasteiger partial charge in [0.15, 0.2) is 0 Å². The van der Waals surface area contributed by atoms with Gasteiger partial charge in [-0.05, 0) is 25.0 Å². The van der Waals surface area contributed by atoms with Gasteiger partial charge >= 0.3 is 0 Å². The molecular formula is C12H16ClFN2O. The maximum Gasteiger partial charge on any atom is 0.269 e. The molecular weight excluding hydrogens is 243 g/mol. The van der Waals surface area contributed by atoms with Crippen molar-refractivity contribution >= 4 is 17.5 Å². The molecule has 1 aromatic heterocycles. The van der Waals surface area contributed by atoms with Crippen LogP contribution in [0.15, 0.2) is 18.3 Å². The molecule has 0 bridgehead atoms. The number of nitrogens with one attached hydrogen (secondary N) is 1. The number of hydrogen-bond donors (Lipinski definition) is 1. The minimum absolute atomic E-state index is 0.243. The summed E-state index contributed by atoms with van der Waals surface area (Å²) in [5.41, 5.74) is 0.243. The van der Waals surface area contributed by atoms with E-state index in [9.17, 15) is 9.18 Å². The van der Waals surface area contributed by atoms with Crippen molar-refractivity contribution in [1.29, 1.82) is 0 Å². The van der Waals surface area contributed by atoms with Gasteiger partial charge in [0.05, 0.1) is 6.20 Å². The van der Waals surface area contributed by atoms with Crippen LogP contribution in [0.3, 0.4) is 0 Å². The number of nitrogens with zero attached hydrogens (tertiary/aromatic N) is 1. The Morgan fingerprint density at radius 1 is 1.29 bits per heavy atom. The molecule has 3 nitrogen and oxygen atoms in total. The lowest BCUT2D eigenvalue weighted by Crippen LogP contribution is -2.25. The van der Waals surface area contributed by atoms with Crippen molar-refractivity contribution in [3.8, 4) is 0 Å². The minimum atomic E-state index is -0.442. The van der Waals surface area contributed by atoms with Gasteiger partial charge in [0.2, 0.25) is 0 Å². The van der Waals surface area contributed by atoms with Crippen molar-refractivity contribution in [3.05, 3.63) is 29.8 Å². The first kappa shape index (κ1) is 13.9. The predicted molar refractivity (Wildman–Crippen MR) is 65.7 cm³/mol. The molecule has 0 saturated carbocycles. The molecule has 0 aliphatic carbocycles. The highest BCUT2D eigenvalue weighted by Gasteiger charge is 2.05. The Labute approximate surface area is 105 Å². The second-order valence-electron chi connectivity index (χ2n) is 3.72. The number of alkyl halides is 1. The average Bonchev–Trinajstić information content (AvgIpc) is 2.34. The van der Waals surface area contributed by atoms with E-state index in [1.165, 1.54) is 12.1 Å². The van der Waals surface area contributed by atoms with Gasteiger partial charge in [0.25, 0.3) is 5.91 Å². The van der Waals surface area contributed by atoms with Crippen LogP contribution < -0.4 is 5.32 Å². The molecule has 0 fully saturated rings. The molecule has 0 saturated heterocycles. The van der Waals surface area contributed by atoms with E-state index in [1.54, 1.807) is 0 Å². The first-order valence-corrected chi connectivity index (χ1v) is 6.23. The Hall–Kier alpha value is -1.16. The van der Waals surface area contributed by atoms with Crippen LogP contribution in [0.5, 0.6) is 0 Å². The van der Waals surface area contributed by atoms with Crippen molar-refractivity contribution in [2.75, 3.05) is 12.4 Å². The highest BCUT2D eigenvalue weighted by atomic mass is 35.5. The van der Waals surface area contributed by atoms with Crippen LogP contribution in [0.1, 0.15) is 36.2 Å². The first-order chi connectivity index (χ1) is 8.24. The molecule has 0 aliphatic heterocycles. The standard InChI is InChI=1S/C12H16ClFN2O/c13-7-3-1-2-4-8-15-12(17)11-6-5-10(14)9-16-11/h5-6,9H,1-4,7-8H2,(H,15,17). The van der Waals surface area contributed by atoms with Crippen molar-refractivity contribution in [2.45, 2.75) is 25.7 Å². The summed E-state index contributed by atoms with van der Waals surface area (Å²) < 4.78 is 12.6. The number of amides is 1. The Morgan fingerprint density at radius 2 is 2.06 bits per heavy atom. The molecule has 0 spiro atoms. The van der Waals surface area contributed by atoms with Crippen LogP contribution in [0, 0.1) is 5.82 Å². The molecule has 17 heavy (non-hydrogen) atoms. The zero-order valence-corrected chi connectivity index (χ0v) is 10.3. The van der Waals surface area contributed by atoms with Gasteiger partial charge in [-0.1, -0.05) is 12.8 Å². The van der Waals surface area contributed by atoms with Crippen LogP contribution in [0.2, 0.25) is 0 Å². The zero-order chi connectivity index (χ0) is 12.5. The van der Waals surface area contributed by atoms with Gasteiger partial charge < -0.3 is 5.32 Å². The third-order valence-corrected chi connectivity index (χ3v) is 2.57. The summed E-state index contributed by atoms with van der Waals surface area (Å²) in [6, 6.07) is 2.60.